The highest BCUT2D eigenvalue weighted by atomic mass is 35.5. The van der Waals surface area contributed by atoms with Crippen molar-refractivity contribution in [2.75, 3.05) is 5.32 Å². The number of nitrogens with zero attached hydrogens (tertiary/aromatic N) is 1. The Morgan fingerprint density at radius 1 is 1.15 bits per heavy atom. The molecule has 2 aromatic carbocycles. The van der Waals surface area contributed by atoms with Crippen molar-refractivity contribution >= 4 is 40.3 Å². The molecule has 0 radical (unpaired) electrons. The minimum atomic E-state index is -0.968. The molecule has 1 N–H and O–H groups in total. The average molecular weight is 319 g/mol. The van der Waals surface area contributed by atoms with Gasteiger partial charge in [0, 0.05) is 6.07 Å². The lowest BCUT2D eigenvalue weighted by Gasteiger charge is -2.10. The number of para-hydroxylation sites is 1. The second-order valence-electron chi connectivity index (χ2n) is 3.76. The van der Waals surface area contributed by atoms with E-state index < -0.39 is 22.2 Å². The van der Waals surface area contributed by atoms with Gasteiger partial charge in [0.1, 0.15) is 16.5 Å². The molecular weight excluding hydrogens is 313 g/mol. The molecule has 0 bridgehead atoms. The first-order valence-corrected chi connectivity index (χ1v) is 6.00. The maximum atomic E-state index is 13.6. The number of halogens is 4. The van der Waals surface area contributed by atoms with Gasteiger partial charge in [-0.1, -0.05) is 29.3 Å². The zero-order valence-corrected chi connectivity index (χ0v) is 11.2. The Morgan fingerprint density at radius 3 is 2.45 bits per heavy atom. The molecule has 2 aromatic rings. The summed E-state index contributed by atoms with van der Waals surface area (Å²) in [7, 11) is 0. The maximum absolute atomic E-state index is 13.6. The highest BCUT2D eigenvalue weighted by molar-refractivity contribution is 6.34. The average Bonchev–Trinajstić information content (AvgIpc) is 2.33. The molecule has 0 spiro atoms. The Bertz CT molecular complexity index is 672. The van der Waals surface area contributed by atoms with Gasteiger partial charge < -0.3 is 5.32 Å². The molecule has 20 heavy (non-hydrogen) atoms. The molecule has 0 aliphatic heterocycles. The zero-order valence-electron chi connectivity index (χ0n) is 9.66. The molecule has 0 unspecified atom stereocenters. The van der Waals surface area contributed by atoms with Crippen LogP contribution in [0, 0.1) is 21.7 Å². The molecule has 0 heterocycles. The number of nitro benzene ring substituents is 1. The Kier molecular flexibility index (Phi) is 4.06. The van der Waals surface area contributed by atoms with Crippen LogP contribution in [-0.4, -0.2) is 4.92 Å². The lowest BCUT2D eigenvalue weighted by molar-refractivity contribution is -0.383. The van der Waals surface area contributed by atoms with Crippen molar-refractivity contribution < 1.29 is 13.7 Å². The first-order valence-electron chi connectivity index (χ1n) is 5.24. The van der Waals surface area contributed by atoms with E-state index in [1.807, 2.05) is 0 Å². The van der Waals surface area contributed by atoms with Gasteiger partial charge in [-0.15, -0.1) is 0 Å². The molecule has 0 fully saturated rings. The van der Waals surface area contributed by atoms with Gasteiger partial charge in [-0.3, -0.25) is 10.1 Å². The fraction of sp³-hybridized carbons (Fsp3) is 0. The molecular formula is C12H6Cl2F2N2O2. The monoisotopic (exact) mass is 318 g/mol. The highest BCUT2D eigenvalue weighted by Gasteiger charge is 2.20. The van der Waals surface area contributed by atoms with Gasteiger partial charge >= 0.3 is 5.69 Å². The van der Waals surface area contributed by atoms with Crippen LogP contribution in [0.2, 0.25) is 10.0 Å². The number of benzene rings is 2. The van der Waals surface area contributed by atoms with Gasteiger partial charge in [-0.05, 0) is 18.2 Å². The summed E-state index contributed by atoms with van der Waals surface area (Å²) < 4.78 is 26.6. The maximum Gasteiger partial charge on any atom is 0.311 e. The molecule has 0 saturated heterocycles. The van der Waals surface area contributed by atoms with Gasteiger partial charge in [-0.25, -0.2) is 8.78 Å². The summed E-state index contributed by atoms with van der Waals surface area (Å²) in [6, 6.07) is 5.62. The largest absolute Gasteiger partial charge is 0.346 e. The molecule has 4 nitrogen and oxygen atoms in total. The molecule has 0 aliphatic carbocycles. The van der Waals surface area contributed by atoms with Crippen molar-refractivity contribution in [3.8, 4) is 0 Å². The molecule has 0 aliphatic rings. The molecule has 0 saturated carbocycles. The minimum Gasteiger partial charge on any atom is -0.346 e. The van der Waals surface area contributed by atoms with Crippen LogP contribution in [-0.2, 0) is 0 Å². The van der Waals surface area contributed by atoms with Crippen LogP contribution in [0.4, 0.5) is 25.8 Å². The van der Waals surface area contributed by atoms with E-state index in [9.17, 15) is 18.9 Å². The smallest absolute Gasteiger partial charge is 0.311 e. The van der Waals surface area contributed by atoms with E-state index in [4.69, 9.17) is 23.2 Å². The second kappa shape index (κ2) is 5.60. The van der Waals surface area contributed by atoms with Crippen LogP contribution >= 0.6 is 23.2 Å². The van der Waals surface area contributed by atoms with Crippen LogP contribution in [0.15, 0.2) is 30.3 Å². The van der Waals surface area contributed by atoms with Crippen LogP contribution in [0.1, 0.15) is 0 Å². The van der Waals surface area contributed by atoms with E-state index >= 15 is 0 Å². The van der Waals surface area contributed by atoms with E-state index in [-0.39, 0.29) is 21.4 Å². The van der Waals surface area contributed by atoms with Crippen molar-refractivity contribution in [1.29, 1.82) is 0 Å². The van der Waals surface area contributed by atoms with E-state index in [1.165, 1.54) is 18.2 Å². The number of hydrogen-bond donors (Lipinski definition) is 1. The van der Waals surface area contributed by atoms with Crippen LogP contribution in [0.3, 0.4) is 0 Å². The van der Waals surface area contributed by atoms with Gasteiger partial charge in [0.2, 0.25) is 0 Å². The van der Waals surface area contributed by atoms with Crippen LogP contribution in [0.5, 0.6) is 0 Å². The molecule has 0 atom stereocenters. The standard InChI is InChI=1S/C12H6Cl2F2N2O2/c13-7-2-1-3-10(12(7)18(19)20)17-11-8(14)4-6(15)5-9(11)16/h1-5,17H. The zero-order chi connectivity index (χ0) is 14.9. The number of nitrogens with one attached hydrogen (secondary N) is 1. The lowest BCUT2D eigenvalue weighted by atomic mass is 10.2. The molecule has 0 aromatic heterocycles. The second-order valence-corrected chi connectivity index (χ2v) is 4.58. The Labute approximate surface area is 122 Å². The fourth-order valence-electron chi connectivity index (χ4n) is 1.60. The topological polar surface area (TPSA) is 55.2 Å². The van der Waals surface area contributed by atoms with E-state index in [2.05, 4.69) is 5.32 Å². The van der Waals surface area contributed by atoms with Crippen molar-refractivity contribution in [1.82, 2.24) is 0 Å². The fourth-order valence-corrected chi connectivity index (χ4v) is 2.08. The van der Waals surface area contributed by atoms with Gasteiger partial charge in [0.05, 0.1) is 15.6 Å². The molecule has 104 valence electrons. The summed E-state index contributed by atoms with van der Waals surface area (Å²) in [5.41, 5.74) is -0.734. The van der Waals surface area contributed by atoms with E-state index in [0.717, 1.165) is 6.07 Å². The Balaban J connectivity index is 2.51. The predicted octanol–water partition coefficient (Wildman–Crippen LogP) is 4.92. The number of hydrogen-bond acceptors (Lipinski definition) is 3. The minimum absolute atomic E-state index is 0.0464. The molecule has 2 rings (SSSR count). The third-order valence-corrected chi connectivity index (χ3v) is 3.04. The van der Waals surface area contributed by atoms with Crippen molar-refractivity contribution in [2.45, 2.75) is 0 Å². The third-order valence-electron chi connectivity index (χ3n) is 2.44. The normalized spacial score (nSPS) is 10.4. The van der Waals surface area contributed by atoms with Gasteiger partial charge in [-0.2, -0.15) is 0 Å². The SMILES string of the molecule is O=[N+]([O-])c1c(Cl)cccc1Nc1c(F)cc(F)cc1Cl. The Morgan fingerprint density at radius 2 is 1.85 bits per heavy atom. The van der Waals surface area contributed by atoms with Gasteiger partial charge in [0.15, 0.2) is 5.82 Å². The predicted molar refractivity (Wildman–Crippen MR) is 72.8 cm³/mol. The number of anilines is 2. The summed E-state index contributed by atoms with van der Waals surface area (Å²) in [5.74, 6) is -1.82. The summed E-state index contributed by atoms with van der Waals surface area (Å²) in [6.07, 6.45) is 0. The summed E-state index contributed by atoms with van der Waals surface area (Å²) in [5, 5.41) is 13.1. The Hall–Kier alpha value is -1.92. The van der Waals surface area contributed by atoms with E-state index in [1.54, 1.807) is 0 Å². The third kappa shape index (κ3) is 2.81. The highest BCUT2D eigenvalue weighted by Crippen LogP contribution is 2.37. The van der Waals surface area contributed by atoms with Crippen molar-refractivity contribution in [3.63, 3.8) is 0 Å². The van der Waals surface area contributed by atoms with E-state index in [0.29, 0.717) is 6.07 Å². The van der Waals surface area contributed by atoms with Crippen LogP contribution in [0.25, 0.3) is 0 Å². The summed E-state index contributed by atoms with van der Waals surface area (Å²) >= 11 is 11.4. The van der Waals surface area contributed by atoms with Crippen molar-refractivity contribution in [3.05, 3.63) is 62.1 Å². The first kappa shape index (κ1) is 14.5. The molecule has 8 heteroatoms. The summed E-state index contributed by atoms with van der Waals surface area (Å²) in [6.45, 7) is 0. The number of rotatable bonds is 3. The quantitative estimate of drug-likeness (QED) is 0.645. The van der Waals surface area contributed by atoms with Crippen molar-refractivity contribution in [2.24, 2.45) is 0 Å². The first-order chi connectivity index (χ1) is 9.40. The summed E-state index contributed by atoms with van der Waals surface area (Å²) in [4.78, 5) is 10.2. The van der Waals surface area contributed by atoms with Gasteiger partial charge in [0.25, 0.3) is 0 Å². The molecule has 0 amide bonds. The lowest BCUT2D eigenvalue weighted by Crippen LogP contribution is -2.00. The van der Waals surface area contributed by atoms with Crippen LogP contribution < -0.4 is 5.32 Å². The number of nitro groups is 1.